The van der Waals surface area contributed by atoms with Gasteiger partial charge in [-0.1, -0.05) is 0 Å². The summed E-state index contributed by atoms with van der Waals surface area (Å²) in [6.45, 7) is 9.01. The summed E-state index contributed by atoms with van der Waals surface area (Å²) in [4.78, 5) is 24.0. The molecule has 0 aromatic carbocycles. The maximum Gasteiger partial charge on any atom is 0.252 e. The van der Waals surface area contributed by atoms with Crippen molar-refractivity contribution < 1.29 is 9.90 Å². The molecule has 0 atom stereocenters. The fourth-order valence-corrected chi connectivity index (χ4v) is 4.06. The standard InChI is InChI=1S/C24H30N6O2/c1-15-8-18(23(31)27-14-24(3,4)32)11-26-22(15)30-7-6-21-19(12-30)9-17(10-25-21)20-13-29(5)28-16(20)2/h8-11,13,32H,6-7,12,14H2,1-5H3,(H,27,31). The number of nitrogens with one attached hydrogen (secondary N) is 1. The second kappa shape index (κ2) is 8.35. The Kier molecular flexibility index (Phi) is 5.73. The first-order chi connectivity index (χ1) is 15.1. The quantitative estimate of drug-likeness (QED) is 0.641. The highest BCUT2D eigenvalue weighted by Gasteiger charge is 2.22. The number of hydrogen-bond acceptors (Lipinski definition) is 6. The van der Waals surface area contributed by atoms with Gasteiger partial charge in [-0.05, 0) is 51.0 Å². The van der Waals surface area contributed by atoms with Gasteiger partial charge in [0.05, 0.1) is 16.9 Å². The predicted octanol–water partition coefficient (Wildman–Crippen LogP) is 2.56. The van der Waals surface area contributed by atoms with Gasteiger partial charge in [0.25, 0.3) is 5.91 Å². The molecule has 1 amide bonds. The lowest BCUT2D eigenvalue weighted by Crippen LogP contribution is -2.38. The van der Waals surface area contributed by atoms with Crippen LogP contribution in [-0.2, 0) is 20.0 Å². The summed E-state index contributed by atoms with van der Waals surface area (Å²) in [5, 5.41) is 17.0. The van der Waals surface area contributed by atoms with Gasteiger partial charge in [-0.15, -0.1) is 0 Å². The van der Waals surface area contributed by atoms with E-state index in [0.29, 0.717) is 12.1 Å². The van der Waals surface area contributed by atoms with Crippen LogP contribution in [-0.4, -0.2) is 49.5 Å². The molecule has 4 rings (SSSR count). The van der Waals surface area contributed by atoms with Crippen molar-refractivity contribution in [3.8, 4) is 11.1 Å². The van der Waals surface area contributed by atoms with Gasteiger partial charge in [0.15, 0.2) is 0 Å². The molecule has 0 unspecified atom stereocenters. The number of pyridine rings is 2. The van der Waals surface area contributed by atoms with E-state index in [-0.39, 0.29) is 12.5 Å². The highest BCUT2D eigenvalue weighted by atomic mass is 16.3. The summed E-state index contributed by atoms with van der Waals surface area (Å²) in [7, 11) is 1.92. The van der Waals surface area contributed by atoms with Gasteiger partial charge in [0.2, 0.25) is 0 Å². The Labute approximate surface area is 188 Å². The summed E-state index contributed by atoms with van der Waals surface area (Å²) in [5.41, 5.74) is 5.92. The van der Waals surface area contributed by atoms with E-state index in [2.05, 4.69) is 26.4 Å². The number of aryl methyl sites for hydroxylation is 3. The summed E-state index contributed by atoms with van der Waals surface area (Å²) < 4.78 is 1.82. The molecule has 32 heavy (non-hydrogen) atoms. The van der Waals surface area contributed by atoms with Gasteiger partial charge in [-0.3, -0.25) is 14.5 Å². The molecule has 0 radical (unpaired) electrons. The molecular weight excluding hydrogens is 404 g/mol. The maximum atomic E-state index is 12.4. The van der Waals surface area contributed by atoms with Gasteiger partial charge in [0.1, 0.15) is 5.82 Å². The third-order valence-electron chi connectivity index (χ3n) is 5.66. The van der Waals surface area contributed by atoms with Crippen LogP contribution in [0.2, 0.25) is 0 Å². The molecule has 3 aromatic rings. The third-order valence-corrected chi connectivity index (χ3v) is 5.66. The van der Waals surface area contributed by atoms with Crippen molar-refractivity contribution in [2.45, 2.75) is 46.3 Å². The number of rotatable bonds is 5. The topological polar surface area (TPSA) is 96.2 Å². The Morgan fingerprint density at radius 1 is 1.22 bits per heavy atom. The Hall–Kier alpha value is -3.26. The molecule has 8 nitrogen and oxygen atoms in total. The molecular formula is C24H30N6O2. The fourth-order valence-electron chi connectivity index (χ4n) is 4.06. The third kappa shape index (κ3) is 4.65. The number of amides is 1. The zero-order chi connectivity index (χ0) is 23.0. The lowest BCUT2D eigenvalue weighted by Gasteiger charge is -2.30. The molecule has 0 bridgehead atoms. The number of fused-ring (bicyclic) bond motifs is 1. The van der Waals surface area contributed by atoms with E-state index in [4.69, 9.17) is 4.98 Å². The minimum atomic E-state index is -0.958. The normalized spacial score (nSPS) is 13.8. The predicted molar refractivity (Wildman–Crippen MR) is 124 cm³/mol. The number of aliphatic hydroxyl groups is 1. The Morgan fingerprint density at radius 3 is 2.66 bits per heavy atom. The first kappa shape index (κ1) is 22.0. The molecule has 4 heterocycles. The van der Waals surface area contributed by atoms with Crippen LogP contribution in [0.1, 0.15) is 46.7 Å². The summed E-state index contributed by atoms with van der Waals surface area (Å²) in [6.07, 6.45) is 6.40. The average Bonchev–Trinajstić information content (AvgIpc) is 3.08. The van der Waals surface area contributed by atoms with Crippen molar-refractivity contribution in [2.75, 3.05) is 18.0 Å². The van der Waals surface area contributed by atoms with Crippen molar-refractivity contribution >= 4 is 11.7 Å². The van der Waals surface area contributed by atoms with E-state index in [9.17, 15) is 9.90 Å². The van der Waals surface area contributed by atoms with Crippen molar-refractivity contribution in [3.63, 3.8) is 0 Å². The summed E-state index contributed by atoms with van der Waals surface area (Å²) in [5.74, 6) is 0.636. The van der Waals surface area contributed by atoms with Crippen molar-refractivity contribution in [1.29, 1.82) is 0 Å². The van der Waals surface area contributed by atoms with E-state index < -0.39 is 5.60 Å². The first-order valence-corrected chi connectivity index (χ1v) is 10.8. The van der Waals surface area contributed by atoms with Gasteiger partial charge in [0, 0.05) is 68.5 Å². The van der Waals surface area contributed by atoms with Gasteiger partial charge in [-0.2, -0.15) is 5.10 Å². The average molecular weight is 435 g/mol. The summed E-state index contributed by atoms with van der Waals surface area (Å²) in [6, 6.07) is 4.05. The number of carbonyl (C=O) groups is 1. The minimum absolute atomic E-state index is 0.182. The Bertz CT molecular complexity index is 1160. The van der Waals surface area contributed by atoms with Crippen LogP contribution in [0.25, 0.3) is 11.1 Å². The van der Waals surface area contributed by atoms with E-state index in [1.165, 1.54) is 5.56 Å². The van der Waals surface area contributed by atoms with Gasteiger partial charge in [-0.25, -0.2) is 4.98 Å². The molecule has 0 saturated carbocycles. The number of nitrogens with zero attached hydrogens (tertiary/aromatic N) is 5. The molecule has 168 valence electrons. The minimum Gasteiger partial charge on any atom is -0.389 e. The molecule has 0 aliphatic carbocycles. The Balaban J connectivity index is 1.53. The van der Waals surface area contributed by atoms with E-state index in [1.807, 2.05) is 44.0 Å². The van der Waals surface area contributed by atoms with Crippen LogP contribution in [0.5, 0.6) is 0 Å². The molecule has 8 heteroatoms. The fraction of sp³-hybridized carbons (Fsp3) is 0.417. The summed E-state index contributed by atoms with van der Waals surface area (Å²) >= 11 is 0. The lowest BCUT2D eigenvalue weighted by atomic mass is 10.0. The van der Waals surface area contributed by atoms with Crippen molar-refractivity contribution in [3.05, 3.63) is 58.8 Å². The molecule has 2 N–H and O–H groups in total. The van der Waals surface area contributed by atoms with Crippen LogP contribution in [0.4, 0.5) is 5.82 Å². The van der Waals surface area contributed by atoms with Crippen molar-refractivity contribution in [1.82, 2.24) is 25.1 Å². The zero-order valence-electron chi connectivity index (χ0n) is 19.3. The number of anilines is 1. The number of hydrogen-bond donors (Lipinski definition) is 2. The molecule has 3 aromatic heterocycles. The van der Waals surface area contributed by atoms with E-state index in [0.717, 1.165) is 46.9 Å². The van der Waals surface area contributed by atoms with Crippen LogP contribution in [0.3, 0.4) is 0 Å². The van der Waals surface area contributed by atoms with E-state index >= 15 is 0 Å². The molecule has 0 fully saturated rings. The molecule has 0 spiro atoms. The zero-order valence-corrected chi connectivity index (χ0v) is 19.3. The molecule has 1 aliphatic rings. The largest absolute Gasteiger partial charge is 0.389 e. The van der Waals surface area contributed by atoms with Crippen LogP contribution in [0, 0.1) is 13.8 Å². The lowest BCUT2D eigenvalue weighted by molar-refractivity contribution is 0.0694. The number of aromatic nitrogens is 4. The Morgan fingerprint density at radius 2 is 2.00 bits per heavy atom. The first-order valence-electron chi connectivity index (χ1n) is 10.8. The second-order valence-electron chi connectivity index (χ2n) is 9.16. The number of carbonyl (C=O) groups excluding carboxylic acids is 1. The van der Waals surface area contributed by atoms with Crippen molar-refractivity contribution in [2.24, 2.45) is 7.05 Å². The molecule has 0 saturated heterocycles. The second-order valence-corrected chi connectivity index (χ2v) is 9.16. The smallest absolute Gasteiger partial charge is 0.252 e. The molecule has 1 aliphatic heterocycles. The van der Waals surface area contributed by atoms with Gasteiger partial charge < -0.3 is 15.3 Å². The van der Waals surface area contributed by atoms with Crippen LogP contribution < -0.4 is 10.2 Å². The van der Waals surface area contributed by atoms with Crippen LogP contribution >= 0.6 is 0 Å². The maximum absolute atomic E-state index is 12.4. The highest BCUT2D eigenvalue weighted by molar-refractivity contribution is 5.94. The van der Waals surface area contributed by atoms with E-state index in [1.54, 1.807) is 20.0 Å². The SMILES string of the molecule is Cc1cc(C(=O)NCC(C)(C)O)cnc1N1CCc2ncc(-c3cn(C)nc3C)cc2C1. The highest BCUT2D eigenvalue weighted by Crippen LogP contribution is 2.29. The van der Waals surface area contributed by atoms with Crippen LogP contribution in [0.15, 0.2) is 30.7 Å². The van der Waals surface area contributed by atoms with Gasteiger partial charge >= 0.3 is 0 Å². The monoisotopic (exact) mass is 434 g/mol.